The summed E-state index contributed by atoms with van der Waals surface area (Å²) in [7, 11) is 1.61. The minimum Gasteiger partial charge on any atom is -0.495 e. The van der Waals surface area contributed by atoms with Gasteiger partial charge in [0.2, 0.25) is 5.89 Å². The first kappa shape index (κ1) is 18.7. The maximum Gasteiger partial charge on any atom is 0.316 e. The van der Waals surface area contributed by atoms with E-state index in [1.807, 2.05) is 42.8 Å². The van der Waals surface area contributed by atoms with Crippen molar-refractivity contribution in [1.29, 1.82) is 0 Å². The maximum atomic E-state index is 13.1. The highest BCUT2D eigenvalue weighted by Crippen LogP contribution is 2.30. The third-order valence-electron chi connectivity index (χ3n) is 4.55. The molecule has 148 valence electrons. The Labute approximate surface area is 167 Å². The number of ether oxygens (including phenoxy) is 1. The summed E-state index contributed by atoms with van der Waals surface area (Å²) in [6.07, 6.45) is 3.65. The monoisotopic (exact) mass is 393 g/mol. The fraction of sp³-hybridized carbons (Fsp3) is 0.190. The van der Waals surface area contributed by atoms with Crippen LogP contribution in [0.25, 0.3) is 17.1 Å². The van der Waals surface area contributed by atoms with Crippen LogP contribution in [0, 0.1) is 12.7 Å². The lowest BCUT2D eigenvalue weighted by molar-refractivity contribution is 0.413. The van der Waals surface area contributed by atoms with Crippen LogP contribution >= 0.6 is 0 Å². The number of hydrogen-bond acceptors (Lipinski definition) is 6. The fourth-order valence-corrected chi connectivity index (χ4v) is 3.00. The Balaban J connectivity index is 1.55. The SMILES string of the molecule is COc1cc(-c2nnc(NC(C)c3ccc(F)cc3)o2)ccc1-n1cnc(C)c1. The minimum atomic E-state index is -0.274. The van der Waals surface area contributed by atoms with E-state index in [4.69, 9.17) is 9.15 Å². The average Bonchev–Trinajstić information content (AvgIpc) is 3.37. The van der Waals surface area contributed by atoms with Gasteiger partial charge in [0.15, 0.2) is 0 Å². The molecule has 0 aliphatic heterocycles. The van der Waals surface area contributed by atoms with Crippen molar-refractivity contribution in [2.45, 2.75) is 19.9 Å². The van der Waals surface area contributed by atoms with Crippen LogP contribution in [-0.2, 0) is 0 Å². The first-order valence-electron chi connectivity index (χ1n) is 9.08. The zero-order valence-electron chi connectivity index (χ0n) is 16.3. The molecule has 29 heavy (non-hydrogen) atoms. The molecule has 0 aliphatic rings. The van der Waals surface area contributed by atoms with Crippen LogP contribution in [0.15, 0.2) is 59.4 Å². The molecule has 0 amide bonds. The predicted molar refractivity (Wildman–Crippen MR) is 107 cm³/mol. The number of aryl methyl sites for hydroxylation is 1. The van der Waals surface area contributed by atoms with E-state index >= 15 is 0 Å². The smallest absolute Gasteiger partial charge is 0.316 e. The van der Waals surface area contributed by atoms with E-state index in [0.717, 1.165) is 22.5 Å². The predicted octanol–water partition coefficient (Wildman–Crippen LogP) is 4.55. The van der Waals surface area contributed by atoms with Gasteiger partial charge in [0, 0.05) is 11.8 Å². The van der Waals surface area contributed by atoms with E-state index < -0.39 is 0 Å². The lowest BCUT2D eigenvalue weighted by atomic mass is 10.1. The molecule has 0 bridgehead atoms. The van der Waals surface area contributed by atoms with E-state index in [0.29, 0.717) is 11.6 Å². The molecule has 1 N–H and O–H groups in total. The third-order valence-corrected chi connectivity index (χ3v) is 4.55. The lowest BCUT2D eigenvalue weighted by Gasteiger charge is -2.12. The minimum absolute atomic E-state index is 0.120. The van der Waals surface area contributed by atoms with Crippen molar-refractivity contribution in [3.8, 4) is 22.9 Å². The molecular weight excluding hydrogens is 373 g/mol. The average molecular weight is 393 g/mol. The fourth-order valence-electron chi connectivity index (χ4n) is 3.00. The second-order valence-electron chi connectivity index (χ2n) is 6.64. The van der Waals surface area contributed by atoms with Gasteiger partial charge < -0.3 is 19.0 Å². The molecule has 2 aromatic heterocycles. The molecule has 2 heterocycles. The first-order chi connectivity index (χ1) is 14.0. The van der Waals surface area contributed by atoms with Gasteiger partial charge in [-0.05, 0) is 49.7 Å². The van der Waals surface area contributed by atoms with Crippen LogP contribution in [0.3, 0.4) is 0 Å². The molecule has 0 saturated carbocycles. The van der Waals surface area contributed by atoms with Gasteiger partial charge in [0.1, 0.15) is 11.6 Å². The number of aromatic nitrogens is 4. The molecule has 0 fully saturated rings. The van der Waals surface area contributed by atoms with Gasteiger partial charge in [-0.2, -0.15) is 0 Å². The molecule has 8 heteroatoms. The van der Waals surface area contributed by atoms with Crippen LogP contribution in [0.5, 0.6) is 5.75 Å². The summed E-state index contributed by atoms with van der Waals surface area (Å²) in [4.78, 5) is 4.25. The largest absolute Gasteiger partial charge is 0.495 e. The maximum absolute atomic E-state index is 13.1. The Kier molecular flexibility index (Phi) is 4.99. The second-order valence-corrected chi connectivity index (χ2v) is 6.64. The number of benzene rings is 2. The highest BCUT2D eigenvalue weighted by molar-refractivity contribution is 5.62. The lowest BCUT2D eigenvalue weighted by Crippen LogP contribution is -2.06. The van der Waals surface area contributed by atoms with Crippen molar-refractivity contribution >= 4 is 6.01 Å². The Bertz CT molecular complexity index is 1120. The van der Waals surface area contributed by atoms with E-state index in [2.05, 4.69) is 20.5 Å². The number of imidazole rings is 1. The summed E-state index contributed by atoms with van der Waals surface area (Å²) in [5.74, 6) is 0.752. The van der Waals surface area contributed by atoms with Crippen molar-refractivity contribution in [3.05, 3.63) is 72.1 Å². The summed E-state index contributed by atoms with van der Waals surface area (Å²) in [5.41, 5.74) is 3.42. The molecule has 0 saturated heterocycles. The molecular formula is C21H20FN5O2. The second kappa shape index (κ2) is 7.75. The molecule has 0 spiro atoms. The summed E-state index contributed by atoms with van der Waals surface area (Å²) in [6.45, 7) is 3.86. The normalized spacial score (nSPS) is 12.0. The van der Waals surface area contributed by atoms with Gasteiger partial charge in [-0.1, -0.05) is 17.2 Å². The molecule has 4 aromatic rings. The van der Waals surface area contributed by atoms with Gasteiger partial charge in [-0.15, -0.1) is 5.10 Å². The summed E-state index contributed by atoms with van der Waals surface area (Å²) >= 11 is 0. The van der Waals surface area contributed by atoms with Crippen molar-refractivity contribution in [2.75, 3.05) is 12.4 Å². The number of hydrogen-bond donors (Lipinski definition) is 1. The number of anilines is 1. The quantitative estimate of drug-likeness (QED) is 0.518. The van der Waals surface area contributed by atoms with E-state index in [9.17, 15) is 4.39 Å². The summed E-state index contributed by atoms with van der Waals surface area (Å²) in [6, 6.07) is 12.1. The molecule has 2 aromatic carbocycles. The van der Waals surface area contributed by atoms with Crippen LogP contribution in [0.4, 0.5) is 10.4 Å². The third kappa shape index (κ3) is 3.96. The van der Waals surface area contributed by atoms with Crippen LogP contribution in [0.2, 0.25) is 0 Å². The highest BCUT2D eigenvalue weighted by atomic mass is 19.1. The number of rotatable bonds is 6. The zero-order valence-corrected chi connectivity index (χ0v) is 16.3. The number of nitrogens with one attached hydrogen (secondary N) is 1. The van der Waals surface area contributed by atoms with Gasteiger partial charge >= 0.3 is 6.01 Å². The molecule has 1 atom stereocenters. The van der Waals surface area contributed by atoms with E-state index in [-0.39, 0.29) is 17.9 Å². The van der Waals surface area contributed by atoms with Crippen LogP contribution < -0.4 is 10.1 Å². The van der Waals surface area contributed by atoms with Crippen LogP contribution in [0.1, 0.15) is 24.2 Å². The Morgan fingerprint density at radius 1 is 1.14 bits per heavy atom. The van der Waals surface area contributed by atoms with Crippen molar-refractivity contribution in [2.24, 2.45) is 0 Å². The molecule has 4 rings (SSSR count). The summed E-state index contributed by atoms with van der Waals surface area (Å²) in [5, 5.41) is 11.3. The standard InChI is InChI=1S/C21H20FN5O2/c1-13-11-27(12-23-13)18-9-6-16(10-19(18)28-3)20-25-26-21(29-20)24-14(2)15-4-7-17(22)8-5-15/h4-12,14H,1-3H3,(H,24,26). The number of methoxy groups -OCH3 is 1. The van der Waals surface area contributed by atoms with Crippen molar-refractivity contribution < 1.29 is 13.5 Å². The summed E-state index contributed by atoms with van der Waals surface area (Å²) < 4.78 is 26.3. The Hall–Kier alpha value is -3.68. The molecule has 1 unspecified atom stereocenters. The highest BCUT2D eigenvalue weighted by Gasteiger charge is 2.15. The van der Waals surface area contributed by atoms with E-state index in [1.54, 1.807) is 25.6 Å². The topological polar surface area (TPSA) is 78.0 Å². The van der Waals surface area contributed by atoms with Gasteiger partial charge in [-0.25, -0.2) is 9.37 Å². The van der Waals surface area contributed by atoms with Gasteiger partial charge in [0.05, 0.1) is 30.9 Å². The number of nitrogens with zero attached hydrogens (tertiary/aromatic N) is 4. The Morgan fingerprint density at radius 3 is 2.62 bits per heavy atom. The first-order valence-corrected chi connectivity index (χ1v) is 9.08. The van der Waals surface area contributed by atoms with Crippen molar-refractivity contribution in [1.82, 2.24) is 19.7 Å². The van der Waals surface area contributed by atoms with Crippen LogP contribution in [-0.4, -0.2) is 26.9 Å². The molecule has 0 radical (unpaired) electrons. The van der Waals surface area contributed by atoms with E-state index in [1.165, 1.54) is 12.1 Å². The van der Waals surface area contributed by atoms with Gasteiger partial charge in [-0.3, -0.25) is 0 Å². The van der Waals surface area contributed by atoms with Crippen molar-refractivity contribution in [3.63, 3.8) is 0 Å². The zero-order chi connectivity index (χ0) is 20.4. The molecule has 0 aliphatic carbocycles. The van der Waals surface area contributed by atoms with Gasteiger partial charge in [0.25, 0.3) is 0 Å². The molecule has 7 nitrogen and oxygen atoms in total. The Morgan fingerprint density at radius 2 is 1.93 bits per heavy atom. The number of halogens is 1.